The van der Waals surface area contributed by atoms with Crippen molar-refractivity contribution < 1.29 is 33.3 Å². The van der Waals surface area contributed by atoms with Crippen LogP contribution < -0.4 is 29.1 Å². The second-order valence-electron chi connectivity index (χ2n) is 7.82. The van der Waals surface area contributed by atoms with Gasteiger partial charge in [-0.15, -0.1) is 6.58 Å². The molecule has 0 unspecified atom stereocenters. The molecular weight excluding hydrogens is 488 g/mol. The maximum absolute atomic E-state index is 12.5. The van der Waals surface area contributed by atoms with E-state index in [4.69, 9.17) is 23.7 Å². The van der Waals surface area contributed by atoms with Crippen LogP contribution in [0, 0.1) is 0 Å². The van der Waals surface area contributed by atoms with Crippen molar-refractivity contribution >= 4 is 18.1 Å². The maximum atomic E-state index is 12.5. The third-order valence-corrected chi connectivity index (χ3v) is 5.16. The van der Waals surface area contributed by atoms with E-state index in [0.29, 0.717) is 47.2 Å². The number of methoxy groups -OCH3 is 2. The Morgan fingerprint density at radius 2 is 1.61 bits per heavy atom. The number of benzene rings is 3. The Labute approximate surface area is 221 Å². The predicted octanol–water partition coefficient (Wildman–Crippen LogP) is 4.58. The summed E-state index contributed by atoms with van der Waals surface area (Å²) in [5.41, 5.74) is 4.41. The van der Waals surface area contributed by atoms with E-state index in [0.717, 1.165) is 5.56 Å². The van der Waals surface area contributed by atoms with Crippen molar-refractivity contribution in [2.75, 3.05) is 27.4 Å². The van der Waals surface area contributed by atoms with Gasteiger partial charge in [-0.25, -0.2) is 10.2 Å². The third kappa shape index (κ3) is 7.86. The molecule has 0 aromatic heterocycles. The monoisotopic (exact) mass is 518 g/mol. The minimum Gasteiger partial charge on any atom is -0.494 e. The van der Waals surface area contributed by atoms with Gasteiger partial charge in [0.25, 0.3) is 5.91 Å². The van der Waals surface area contributed by atoms with Gasteiger partial charge >= 0.3 is 5.97 Å². The quantitative estimate of drug-likeness (QED) is 0.116. The van der Waals surface area contributed by atoms with Crippen LogP contribution in [0.5, 0.6) is 28.7 Å². The van der Waals surface area contributed by atoms with Gasteiger partial charge in [0.05, 0.1) is 32.6 Å². The Balaban J connectivity index is 1.55. The van der Waals surface area contributed by atoms with E-state index in [1.807, 2.05) is 19.1 Å². The van der Waals surface area contributed by atoms with Crippen LogP contribution in [0.2, 0.25) is 0 Å². The molecule has 38 heavy (non-hydrogen) atoms. The lowest BCUT2D eigenvalue weighted by molar-refractivity contribution is -0.123. The minimum atomic E-state index is -0.535. The topological polar surface area (TPSA) is 105 Å². The number of esters is 1. The molecule has 3 rings (SSSR count). The molecule has 198 valence electrons. The van der Waals surface area contributed by atoms with Gasteiger partial charge in [-0.2, -0.15) is 5.10 Å². The summed E-state index contributed by atoms with van der Waals surface area (Å²) in [7, 11) is 2.99. The van der Waals surface area contributed by atoms with Crippen molar-refractivity contribution in [2.24, 2.45) is 5.10 Å². The zero-order chi connectivity index (χ0) is 27.3. The van der Waals surface area contributed by atoms with Crippen molar-refractivity contribution in [3.05, 3.63) is 90.0 Å². The minimum absolute atomic E-state index is 0.244. The van der Waals surface area contributed by atoms with Crippen LogP contribution in [-0.2, 0) is 11.2 Å². The molecular formula is C29H30N2O7. The lowest BCUT2D eigenvalue weighted by Gasteiger charge is -2.11. The number of rotatable bonds is 13. The van der Waals surface area contributed by atoms with Gasteiger partial charge in [-0.1, -0.05) is 12.1 Å². The van der Waals surface area contributed by atoms with Crippen LogP contribution in [0.25, 0.3) is 0 Å². The summed E-state index contributed by atoms with van der Waals surface area (Å²) >= 11 is 0. The summed E-state index contributed by atoms with van der Waals surface area (Å²) in [5.74, 6) is 1.22. The Hall–Kier alpha value is -4.79. The molecule has 9 heteroatoms. The van der Waals surface area contributed by atoms with Crippen LogP contribution >= 0.6 is 0 Å². The molecule has 1 N–H and O–H groups in total. The number of ether oxygens (including phenoxy) is 5. The van der Waals surface area contributed by atoms with E-state index < -0.39 is 11.9 Å². The third-order valence-electron chi connectivity index (χ3n) is 5.16. The van der Waals surface area contributed by atoms with E-state index in [1.54, 1.807) is 54.6 Å². The molecule has 3 aromatic rings. The van der Waals surface area contributed by atoms with Crippen LogP contribution in [0.15, 0.2) is 78.4 Å². The van der Waals surface area contributed by atoms with Gasteiger partial charge in [0.2, 0.25) is 0 Å². The summed E-state index contributed by atoms with van der Waals surface area (Å²) in [4.78, 5) is 24.7. The SMILES string of the molecule is C=CCc1ccc(OCC(=O)N/N=C\c2ccc(OC(=O)c3ccc(OCC)cc3)c(OC)c2)c(OC)c1. The number of hydrogen-bond acceptors (Lipinski definition) is 8. The second kappa shape index (κ2) is 14.1. The summed E-state index contributed by atoms with van der Waals surface area (Å²) in [6.07, 6.45) is 3.92. The Bertz CT molecular complexity index is 1290. The van der Waals surface area contributed by atoms with Crippen molar-refractivity contribution in [3.8, 4) is 28.7 Å². The first-order valence-corrected chi connectivity index (χ1v) is 11.8. The number of carbonyl (C=O) groups is 2. The summed E-state index contributed by atoms with van der Waals surface area (Å²) in [6.45, 7) is 5.89. The van der Waals surface area contributed by atoms with Gasteiger partial charge in [-0.05, 0) is 79.1 Å². The molecule has 0 heterocycles. The van der Waals surface area contributed by atoms with Gasteiger partial charge in [-0.3, -0.25) is 4.79 Å². The van der Waals surface area contributed by atoms with Gasteiger partial charge in [0, 0.05) is 0 Å². The standard InChI is InChI=1S/C29H30N2O7/c1-5-7-20-8-14-24(26(16-20)34-3)37-19-28(32)31-30-18-21-9-15-25(27(17-21)35-4)38-29(33)22-10-12-23(13-11-22)36-6-2/h5,8-18H,1,6-7,19H2,2-4H3,(H,31,32)/b30-18-. The molecule has 0 aliphatic carbocycles. The van der Waals surface area contributed by atoms with Crippen LogP contribution in [0.3, 0.4) is 0 Å². The maximum Gasteiger partial charge on any atom is 0.343 e. The van der Waals surface area contributed by atoms with Crippen molar-refractivity contribution in [2.45, 2.75) is 13.3 Å². The number of amides is 1. The smallest absolute Gasteiger partial charge is 0.343 e. The molecule has 0 bridgehead atoms. The highest BCUT2D eigenvalue weighted by Gasteiger charge is 2.13. The highest BCUT2D eigenvalue weighted by Crippen LogP contribution is 2.29. The molecule has 9 nitrogen and oxygen atoms in total. The van der Waals surface area contributed by atoms with E-state index in [1.165, 1.54) is 20.4 Å². The highest BCUT2D eigenvalue weighted by molar-refractivity contribution is 5.92. The molecule has 1 amide bonds. The number of nitrogens with zero attached hydrogens (tertiary/aromatic N) is 1. The molecule has 0 saturated heterocycles. The van der Waals surface area contributed by atoms with E-state index in [-0.39, 0.29) is 12.4 Å². The molecule has 0 spiro atoms. The molecule has 0 atom stereocenters. The lowest BCUT2D eigenvalue weighted by Crippen LogP contribution is -2.24. The Morgan fingerprint density at radius 1 is 0.895 bits per heavy atom. The summed E-state index contributed by atoms with van der Waals surface area (Å²) in [5, 5.41) is 3.95. The fourth-order valence-electron chi connectivity index (χ4n) is 3.34. The van der Waals surface area contributed by atoms with Gasteiger partial charge < -0.3 is 23.7 Å². The van der Waals surface area contributed by atoms with E-state index >= 15 is 0 Å². The van der Waals surface area contributed by atoms with E-state index in [2.05, 4.69) is 17.1 Å². The largest absolute Gasteiger partial charge is 0.494 e. The first kappa shape index (κ1) is 27.8. The Kier molecular flexibility index (Phi) is 10.3. The van der Waals surface area contributed by atoms with Crippen molar-refractivity contribution in [1.29, 1.82) is 0 Å². The van der Waals surface area contributed by atoms with Gasteiger partial charge in [0.1, 0.15) is 5.75 Å². The van der Waals surface area contributed by atoms with Crippen molar-refractivity contribution in [3.63, 3.8) is 0 Å². The second-order valence-corrected chi connectivity index (χ2v) is 7.82. The van der Waals surface area contributed by atoms with Crippen LogP contribution in [0.4, 0.5) is 0 Å². The molecule has 0 saturated carbocycles. The fourth-order valence-corrected chi connectivity index (χ4v) is 3.34. The number of hydrazone groups is 1. The summed E-state index contributed by atoms with van der Waals surface area (Å²) < 4.78 is 27.1. The lowest BCUT2D eigenvalue weighted by atomic mass is 10.1. The van der Waals surface area contributed by atoms with Gasteiger partial charge in [0.15, 0.2) is 29.6 Å². The molecule has 0 aliphatic heterocycles. The Morgan fingerprint density at radius 3 is 2.29 bits per heavy atom. The molecule has 0 aliphatic rings. The number of hydrogen-bond donors (Lipinski definition) is 1. The van der Waals surface area contributed by atoms with Crippen LogP contribution in [0.1, 0.15) is 28.4 Å². The van der Waals surface area contributed by atoms with Crippen LogP contribution in [-0.4, -0.2) is 45.5 Å². The molecule has 3 aromatic carbocycles. The molecule has 0 radical (unpaired) electrons. The fraction of sp³-hybridized carbons (Fsp3) is 0.207. The number of carbonyl (C=O) groups excluding carboxylic acids is 2. The predicted molar refractivity (Wildman–Crippen MR) is 144 cm³/mol. The zero-order valence-electron chi connectivity index (χ0n) is 21.6. The first-order valence-electron chi connectivity index (χ1n) is 11.8. The average molecular weight is 519 g/mol. The average Bonchev–Trinajstić information content (AvgIpc) is 2.93. The highest BCUT2D eigenvalue weighted by atomic mass is 16.6. The first-order chi connectivity index (χ1) is 18.5. The summed E-state index contributed by atoms with van der Waals surface area (Å²) in [6, 6.07) is 17.0. The number of allylic oxidation sites excluding steroid dienone is 1. The normalized spacial score (nSPS) is 10.5. The molecule has 0 fully saturated rings. The van der Waals surface area contributed by atoms with E-state index in [9.17, 15) is 9.59 Å². The van der Waals surface area contributed by atoms with Crippen molar-refractivity contribution in [1.82, 2.24) is 5.43 Å². The number of nitrogens with one attached hydrogen (secondary N) is 1. The zero-order valence-corrected chi connectivity index (χ0v) is 21.6.